The molecule has 0 saturated heterocycles. The molecule has 0 radical (unpaired) electrons. The van der Waals surface area contributed by atoms with Crippen LogP contribution in [0.5, 0.6) is 0 Å². The van der Waals surface area contributed by atoms with Crippen LogP contribution in [0, 0.1) is 6.92 Å². The van der Waals surface area contributed by atoms with Crippen LogP contribution < -0.4 is 0 Å². The zero-order chi connectivity index (χ0) is 17.4. The predicted molar refractivity (Wildman–Crippen MR) is 96.4 cm³/mol. The molecule has 1 aliphatic rings. The van der Waals surface area contributed by atoms with E-state index in [0.29, 0.717) is 12.2 Å². The van der Waals surface area contributed by atoms with Crippen LogP contribution in [0.25, 0.3) is 0 Å². The van der Waals surface area contributed by atoms with Gasteiger partial charge >= 0.3 is 5.91 Å². The van der Waals surface area contributed by atoms with Gasteiger partial charge < -0.3 is 8.83 Å². The number of nitrogens with zero attached hydrogens (tertiary/aromatic N) is 2. The molecule has 2 aromatic heterocycles. The van der Waals surface area contributed by atoms with E-state index < -0.39 is 0 Å². The van der Waals surface area contributed by atoms with Crippen molar-refractivity contribution in [3.8, 4) is 0 Å². The molecule has 0 bridgehead atoms. The summed E-state index contributed by atoms with van der Waals surface area (Å²) < 4.78 is 11.9. The lowest BCUT2D eigenvalue weighted by molar-refractivity contribution is 0.0678. The molecule has 0 saturated carbocycles. The largest absolute Gasteiger partial charge is 0.460 e. The van der Waals surface area contributed by atoms with Crippen LogP contribution in [0.15, 0.2) is 73.2 Å². The van der Waals surface area contributed by atoms with Crippen LogP contribution in [-0.2, 0) is 0 Å². The van der Waals surface area contributed by atoms with E-state index >= 15 is 0 Å². The van der Waals surface area contributed by atoms with E-state index in [1.165, 1.54) is 11.3 Å². The van der Waals surface area contributed by atoms with Crippen molar-refractivity contribution in [2.24, 2.45) is 5.10 Å². The second-order valence-electron chi connectivity index (χ2n) is 5.86. The fourth-order valence-corrected chi connectivity index (χ4v) is 3.34. The van der Waals surface area contributed by atoms with Crippen molar-refractivity contribution >= 4 is 27.5 Å². The van der Waals surface area contributed by atoms with E-state index in [4.69, 9.17) is 8.83 Å². The number of hydrogen-bond donors (Lipinski definition) is 0. The average Bonchev–Trinajstić information content (AvgIpc) is 3.34. The molecule has 3 heterocycles. The summed E-state index contributed by atoms with van der Waals surface area (Å²) in [4.78, 5) is 12.8. The molecule has 3 aromatic rings. The maximum absolute atomic E-state index is 12.8. The van der Waals surface area contributed by atoms with E-state index in [9.17, 15) is 4.79 Å². The van der Waals surface area contributed by atoms with Crippen molar-refractivity contribution in [3.05, 3.63) is 82.1 Å². The smallest absolute Gasteiger partial charge is 0.310 e. The van der Waals surface area contributed by atoms with Gasteiger partial charge in [0.15, 0.2) is 5.76 Å². The molecule has 0 N–H and O–H groups in total. The number of hydrazone groups is 1. The summed E-state index contributed by atoms with van der Waals surface area (Å²) in [6.45, 7) is 1.89. The van der Waals surface area contributed by atoms with Crippen LogP contribution in [0.4, 0.5) is 0 Å². The van der Waals surface area contributed by atoms with Crippen molar-refractivity contribution in [1.29, 1.82) is 0 Å². The summed E-state index contributed by atoms with van der Waals surface area (Å²) >= 11 is 3.49. The highest BCUT2D eigenvalue weighted by Crippen LogP contribution is 2.35. The van der Waals surface area contributed by atoms with Crippen molar-refractivity contribution < 1.29 is 13.6 Å². The van der Waals surface area contributed by atoms with E-state index in [-0.39, 0.29) is 17.7 Å². The van der Waals surface area contributed by atoms with E-state index in [1.807, 2.05) is 43.3 Å². The van der Waals surface area contributed by atoms with Gasteiger partial charge in [-0.3, -0.25) is 4.79 Å². The molecule has 0 aliphatic carbocycles. The summed E-state index contributed by atoms with van der Waals surface area (Å²) in [5.41, 5.74) is 1.74. The number of aryl methyl sites for hydroxylation is 1. The van der Waals surface area contributed by atoms with Gasteiger partial charge in [0.05, 0.1) is 12.3 Å². The Hall–Kier alpha value is -2.60. The minimum Gasteiger partial charge on any atom is -0.460 e. The first-order valence-electron chi connectivity index (χ1n) is 7.88. The first-order chi connectivity index (χ1) is 12.1. The molecule has 0 fully saturated rings. The normalized spacial score (nSPS) is 17.0. The lowest BCUT2D eigenvalue weighted by Crippen LogP contribution is -2.26. The Kier molecular flexibility index (Phi) is 4.05. The molecule has 1 aromatic carbocycles. The standard InChI is InChI=1S/C19H15BrN2O3/c1-12-7-8-17(25-12)15-11-16(13-4-2-5-14(20)10-13)22(21-15)19(23)18-6-3-9-24-18/h2-10,16H,11H2,1H3/t16-/m1/s1. The quantitative estimate of drug-likeness (QED) is 0.627. The molecule has 0 unspecified atom stereocenters. The lowest BCUT2D eigenvalue weighted by atomic mass is 10.0. The molecule has 1 aliphatic heterocycles. The van der Waals surface area contributed by atoms with Gasteiger partial charge in [0, 0.05) is 10.9 Å². The Bertz CT molecular complexity index is 943. The van der Waals surface area contributed by atoms with Gasteiger partial charge in [0.25, 0.3) is 0 Å². The highest BCUT2D eigenvalue weighted by molar-refractivity contribution is 9.10. The van der Waals surface area contributed by atoms with Crippen LogP contribution >= 0.6 is 15.9 Å². The van der Waals surface area contributed by atoms with Gasteiger partial charge in [-0.15, -0.1) is 0 Å². The zero-order valence-corrected chi connectivity index (χ0v) is 15.1. The number of carbonyl (C=O) groups excluding carboxylic acids is 1. The van der Waals surface area contributed by atoms with Gasteiger partial charge in [-0.05, 0) is 48.9 Å². The summed E-state index contributed by atoms with van der Waals surface area (Å²) in [5.74, 6) is 1.49. The molecule has 1 atom stereocenters. The average molecular weight is 399 g/mol. The van der Waals surface area contributed by atoms with E-state index in [0.717, 1.165) is 21.5 Å². The third-order valence-electron chi connectivity index (χ3n) is 4.11. The van der Waals surface area contributed by atoms with Crippen LogP contribution in [0.1, 0.15) is 40.1 Å². The topological polar surface area (TPSA) is 59.0 Å². The molecule has 4 rings (SSSR count). The minimum absolute atomic E-state index is 0.212. The third kappa shape index (κ3) is 3.05. The number of furan rings is 2. The molecular weight excluding hydrogens is 384 g/mol. The zero-order valence-electron chi connectivity index (χ0n) is 13.5. The number of hydrogen-bond acceptors (Lipinski definition) is 4. The van der Waals surface area contributed by atoms with Gasteiger partial charge in [-0.2, -0.15) is 5.10 Å². The Morgan fingerprint density at radius 1 is 1.24 bits per heavy atom. The van der Waals surface area contributed by atoms with Crippen molar-refractivity contribution in [1.82, 2.24) is 5.01 Å². The van der Waals surface area contributed by atoms with E-state index in [2.05, 4.69) is 21.0 Å². The summed E-state index contributed by atoms with van der Waals surface area (Å²) in [6.07, 6.45) is 2.06. The number of rotatable bonds is 3. The van der Waals surface area contributed by atoms with Gasteiger partial charge in [0.2, 0.25) is 0 Å². The van der Waals surface area contributed by atoms with Crippen LogP contribution in [-0.4, -0.2) is 16.6 Å². The van der Waals surface area contributed by atoms with Gasteiger partial charge in [-0.1, -0.05) is 28.1 Å². The Morgan fingerprint density at radius 2 is 2.12 bits per heavy atom. The molecule has 1 amide bonds. The second-order valence-corrected chi connectivity index (χ2v) is 6.77. The summed E-state index contributed by atoms with van der Waals surface area (Å²) in [5, 5.41) is 6.03. The molecule has 25 heavy (non-hydrogen) atoms. The lowest BCUT2D eigenvalue weighted by Gasteiger charge is -2.21. The molecule has 126 valence electrons. The summed E-state index contributed by atoms with van der Waals surface area (Å²) in [7, 11) is 0. The number of amides is 1. The highest BCUT2D eigenvalue weighted by Gasteiger charge is 2.35. The van der Waals surface area contributed by atoms with Crippen LogP contribution in [0.3, 0.4) is 0 Å². The first kappa shape index (κ1) is 15.9. The second kappa shape index (κ2) is 6.37. The summed E-state index contributed by atoms with van der Waals surface area (Å²) in [6, 6.07) is 14.8. The molecule has 6 heteroatoms. The fourth-order valence-electron chi connectivity index (χ4n) is 2.92. The van der Waals surface area contributed by atoms with Gasteiger partial charge in [-0.25, -0.2) is 5.01 Å². The Morgan fingerprint density at radius 3 is 2.80 bits per heavy atom. The fraction of sp³-hybridized carbons (Fsp3) is 0.158. The first-order valence-corrected chi connectivity index (χ1v) is 8.68. The maximum Gasteiger partial charge on any atom is 0.310 e. The molecule has 0 spiro atoms. The van der Waals surface area contributed by atoms with E-state index in [1.54, 1.807) is 12.1 Å². The van der Waals surface area contributed by atoms with Crippen molar-refractivity contribution in [3.63, 3.8) is 0 Å². The number of halogens is 1. The van der Waals surface area contributed by atoms with Crippen LogP contribution in [0.2, 0.25) is 0 Å². The number of carbonyl (C=O) groups is 1. The predicted octanol–water partition coefficient (Wildman–Crippen LogP) is 4.94. The van der Waals surface area contributed by atoms with Gasteiger partial charge in [0.1, 0.15) is 17.2 Å². The monoisotopic (exact) mass is 398 g/mol. The third-order valence-corrected chi connectivity index (χ3v) is 4.60. The Balaban J connectivity index is 1.73. The van der Waals surface area contributed by atoms with Crippen molar-refractivity contribution in [2.75, 3.05) is 0 Å². The Labute approximate surface area is 153 Å². The maximum atomic E-state index is 12.8. The molecule has 5 nitrogen and oxygen atoms in total. The minimum atomic E-state index is -0.270. The molecular formula is C19H15BrN2O3. The number of benzene rings is 1. The van der Waals surface area contributed by atoms with Crippen molar-refractivity contribution in [2.45, 2.75) is 19.4 Å². The SMILES string of the molecule is Cc1ccc(C2=NN(C(=O)c3ccco3)[C@@H](c3cccc(Br)c3)C2)o1. The highest BCUT2D eigenvalue weighted by atomic mass is 79.9.